The van der Waals surface area contributed by atoms with Crippen LogP contribution in [0.2, 0.25) is 0 Å². The summed E-state index contributed by atoms with van der Waals surface area (Å²) in [7, 11) is 1.60. The molecule has 138 valence electrons. The SMILES string of the molecule is COC[C@@H](C)NC(=S)NNC(=O)c1cccc(NC(=O)c2cccs2)c1. The number of carbonyl (C=O) groups excluding carboxylic acids is 2. The molecule has 2 aromatic rings. The van der Waals surface area contributed by atoms with E-state index in [1.54, 1.807) is 43.5 Å². The molecule has 0 fully saturated rings. The fourth-order valence-electron chi connectivity index (χ4n) is 2.08. The summed E-state index contributed by atoms with van der Waals surface area (Å²) in [5.41, 5.74) is 6.06. The third-order valence-electron chi connectivity index (χ3n) is 3.21. The van der Waals surface area contributed by atoms with Crippen molar-refractivity contribution in [3.8, 4) is 0 Å². The van der Waals surface area contributed by atoms with E-state index in [0.717, 1.165) is 0 Å². The Balaban J connectivity index is 1.89. The molecule has 1 heterocycles. The van der Waals surface area contributed by atoms with Crippen LogP contribution in [0.25, 0.3) is 0 Å². The number of methoxy groups -OCH3 is 1. The lowest BCUT2D eigenvalue weighted by Crippen LogP contribution is -2.49. The molecule has 26 heavy (non-hydrogen) atoms. The van der Waals surface area contributed by atoms with Crippen molar-refractivity contribution in [3.05, 3.63) is 52.2 Å². The largest absolute Gasteiger partial charge is 0.383 e. The van der Waals surface area contributed by atoms with Gasteiger partial charge in [0.05, 0.1) is 11.5 Å². The minimum Gasteiger partial charge on any atom is -0.383 e. The van der Waals surface area contributed by atoms with E-state index in [0.29, 0.717) is 22.7 Å². The summed E-state index contributed by atoms with van der Waals surface area (Å²) >= 11 is 6.44. The Morgan fingerprint density at radius 2 is 2.00 bits per heavy atom. The van der Waals surface area contributed by atoms with Crippen LogP contribution in [0.1, 0.15) is 27.0 Å². The second-order valence-electron chi connectivity index (χ2n) is 5.42. The third kappa shape index (κ3) is 6.10. The molecule has 1 atom stereocenters. The van der Waals surface area contributed by atoms with Gasteiger partial charge in [-0.25, -0.2) is 0 Å². The molecule has 0 bridgehead atoms. The fourth-order valence-corrected chi connectivity index (χ4v) is 2.95. The summed E-state index contributed by atoms with van der Waals surface area (Å²) in [5, 5.41) is 7.84. The van der Waals surface area contributed by atoms with Gasteiger partial charge in [-0.1, -0.05) is 12.1 Å². The average molecular weight is 393 g/mol. The van der Waals surface area contributed by atoms with Gasteiger partial charge < -0.3 is 15.4 Å². The van der Waals surface area contributed by atoms with Gasteiger partial charge in [-0.3, -0.25) is 20.4 Å². The number of thiophene rings is 1. The summed E-state index contributed by atoms with van der Waals surface area (Å²) < 4.78 is 5.00. The molecule has 0 aliphatic rings. The highest BCUT2D eigenvalue weighted by Gasteiger charge is 2.10. The first-order chi connectivity index (χ1) is 12.5. The summed E-state index contributed by atoms with van der Waals surface area (Å²) in [6.45, 7) is 2.39. The monoisotopic (exact) mass is 392 g/mol. The molecule has 2 rings (SSSR count). The Bertz CT molecular complexity index is 765. The zero-order valence-electron chi connectivity index (χ0n) is 14.4. The van der Waals surface area contributed by atoms with Crippen LogP contribution in [0, 0.1) is 0 Å². The molecule has 7 nitrogen and oxygen atoms in total. The summed E-state index contributed by atoms with van der Waals surface area (Å²) in [4.78, 5) is 24.9. The molecule has 4 N–H and O–H groups in total. The van der Waals surface area contributed by atoms with Crippen molar-refractivity contribution >= 4 is 46.2 Å². The van der Waals surface area contributed by atoms with Crippen LogP contribution in [-0.4, -0.2) is 36.7 Å². The van der Waals surface area contributed by atoms with Crippen molar-refractivity contribution in [1.29, 1.82) is 0 Å². The zero-order chi connectivity index (χ0) is 18.9. The van der Waals surface area contributed by atoms with Crippen molar-refractivity contribution < 1.29 is 14.3 Å². The first-order valence-corrected chi connectivity index (χ1v) is 9.09. The maximum absolute atomic E-state index is 12.2. The second-order valence-corrected chi connectivity index (χ2v) is 6.78. The lowest BCUT2D eigenvalue weighted by Gasteiger charge is -2.16. The van der Waals surface area contributed by atoms with Gasteiger partial charge >= 0.3 is 0 Å². The standard InChI is InChI=1S/C17H20N4O3S2/c1-11(10-24-2)18-17(25)21-20-15(22)12-5-3-6-13(9-12)19-16(23)14-7-4-8-26-14/h3-9,11H,10H2,1-2H3,(H,19,23)(H,20,22)(H2,18,21,25)/t11-/m1/s1. The number of hydrogen-bond donors (Lipinski definition) is 4. The highest BCUT2D eigenvalue weighted by molar-refractivity contribution is 7.80. The van der Waals surface area contributed by atoms with E-state index in [1.165, 1.54) is 11.3 Å². The summed E-state index contributed by atoms with van der Waals surface area (Å²) in [5.74, 6) is -0.589. The van der Waals surface area contributed by atoms with Crippen LogP contribution >= 0.6 is 23.6 Å². The van der Waals surface area contributed by atoms with E-state index in [1.807, 2.05) is 12.3 Å². The molecule has 9 heteroatoms. The lowest BCUT2D eigenvalue weighted by atomic mass is 10.2. The molecule has 0 aliphatic heterocycles. The molecular weight excluding hydrogens is 372 g/mol. The van der Waals surface area contributed by atoms with E-state index in [-0.39, 0.29) is 23.0 Å². The highest BCUT2D eigenvalue weighted by atomic mass is 32.1. The number of amides is 2. The Morgan fingerprint density at radius 3 is 2.69 bits per heavy atom. The smallest absolute Gasteiger partial charge is 0.269 e. The topological polar surface area (TPSA) is 91.5 Å². The van der Waals surface area contributed by atoms with Gasteiger partial charge in [0.1, 0.15) is 0 Å². The van der Waals surface area contributed by atoms with Crippen LogP contribution in [0.15, 0.2) is 41.8 Å². The number of hydrazine groups is 1. The normalized spacial score (nSPS) is 11.3. The molecule has 0 saturated heterocycles. The third-order valence-corrected chi connectivity index (χ3v) is 4.30. The maximum atomic E-state index is 12.2. The van der Waals surface area contributed by atoms with Crippen LogP contribution in [-0.2, 0) is 4.74 Å². The number of hydrogen-bond acceptors (Lipinski definition) is 5. The molecule has 2 amide bonds. The van der Waals surface area contributed by atoms with E-state index in [9.17, 15) is 9.59 Å². The molecule has 1 aromatic heterocycles. The quantitative estimate of drug-likeness (QED) is 0.445. The number of ether oxygens (including phenoxy) is 1. The highest BCUT2D eigenvalue weighted by Crippen LogP contribution is 2.14. The molecular formula is C17H20N4O3S2. The van der Waals surface area contributed by atoms with Gasteiger partial charge in [0.25, 0.3) is 11.8 Å². The van der Waals surface area contributed by atoms with E-state index in [4.69, 9.17) is 17.0 Å². The Hall–Kier alpha value is -2.49. The maximum Gasteiger partial charge on any atom is 0.269 e. The van der Waals surface area contributed by atoms with E-state index in [2.05, 4.69) is 21.5 Å². The van der Waals surface area contributed by atoms with Crippen molar-refractivity contribution in [2.24, 2.45) is 0 Å². The van der Waals surface area contributed by atoms with Crippen LogP contribution in [0.4, 0.5) is 5.69 Å². The number of thiocarbonyl (C=S) groups is 1. The Kier molecular flexibility index (Phi) is 7.52. The van der Waals surface area contributed by atoms with Crippen molar-refractivity contribution in [2.45, 2.75) is 13.0 Å². The number of nitrogens with one attached hydrogen (secondary N) is 4. The fraction of sp³-hybridized carbons (Fsp3) is 0.235. The number of rotatable bonds is 6. The van der Waals surface area contributed by atoms with Crippen molar-refractivity contribution in [1.82, 2.24) is 16.2 Å². The van der Waals surface area contributed by atoms with E-state index < -0.39 is 0 Å². The number of anilines is 1. The van der Waals surface area contributed by atoms with Crippen molar-refractivity contribution in [3.63, 3.8) is 0 Å². The summed E-state index contributed by atoms with van der Waals surface area (Å²) in [6.07, 6.45) is 0. The molecule has 0 unspecified atom stereocenters. The predicted octanol–water partition coefficient (Wildman–Crippen LogP) is 2.14. The minimum absolute atomic E-state index is 0.00712. The predicted molar refractivity (Wildman–Crippen MR) is 106 cm³/mol. The van der Waals surface area contributed by atoms with Gasteiger partial charge in [-0.2, -0.15) is 0 Å². The number of carbonyl (C=O) groups is 2. The first kappa shape index (κ1) is 19.8. The summed E-state index contributed by atoms with van der Waals surface area (Å²) in [6, 6.07) is 10.2. The van der Waals surface area contributed by atoms with Gasteiger partial charge in [0.2, 0.25) is 0 Å². The van der Waals surface area contributed by atoms with Crippen LogP contribution < -0.4 is 21.5 Å². The Morgan fingerprint density at radius 1 is 1.19 bits per heavy atom. The molecule has 0 radical (unpaired) electrons. The van der Waals surface area contributed by atoms with Crippen LogP contribution in [0.3, 0.4) is 0 Å². The van der Waals surface area contributed by atoms with Crippen molar-refractivity contribution in [2.75, 3.05) is 19.0 Å². The molecule has 1 aromatic carbocycles. The molecule has 0 spiro atoms. The van der Waals surface area contributed by atoms with Gasteiger partial charge in [-0.15, -0.1) is 11.3 Å². The Labute approximate surface area is 161 Å². The molecule has 0 aliphatic carbocycles. The van der Waals surface area contributed by atoms with E-state index >= 15 is 0 Å². The average Bonchev–Trinajstić information content (AvgIpc) is 3.15. The first-order valence-electron chi connectivity index (χ1n) is 7.80. The van der Waals surface area contributed by atoms with Crippen LogP contribution in [0.5, 0.6) is 0 Å². The zero-order valence-corrected chi connectivity index (χ0v) is 16.0. The van der Waals surface area contributed by atoms with Gasteiger partial charge in [-0.05, 0) is 48.8 Å². The van der Waals surface area contributed by atoms with Gasteiger partial charge in [0, 0.05) is 24.4 Å². The lowest BCUT2D eigenvalue weighted by molar-refractivity contribution is 0.0942. The van der Waals surface area contributed by atoms with Gasteiger partial charge in [0.15, 0.2) is 5.11 Å². The molecule has 0 saturated carbocycles. The minimum atomic E-state index is -0.374. The number of benzene rings is 1. The second kappa shape index (κ2) is 9.85.